The normalized spacial score (nSPS) is 11.3. The summed E-state index contributed by atoms with van der Waals surface area (Å²) in [6.07, 6.45) is 2.77. The van der Waals surface area contributed by atoms with Gasteiger partial charge in [-0.05, 0) is 30.2 Å². The van der Waals surface area contributed by atoms with Crippen molar-refractivity contribution in [2.24, 2.45) is 5.92 Å². The lowest BCUT2D eigenvalue weighted by Gasteiger charge is -2.09. The van der Waals surface area contributed by atoms with E-state index in [4.69, 9.17) is 4.98 Å². The third-order valence-corrected chi connectivity index (χ3v) is 3.09. The van der Waals surface area contributed by atoms with Crippen molar-refractivity contribution in [3.8, 4) is 5.69 Å². The number of rotatable bonds is 3. The third kappa shape index (κ3) is 2.24. The fourth-order valence-corrected chi connectivity index (χ4v) is 2.31. The van der Waals surface area contributed by atoms with Gasteiger partial charge in [0.15, 0.2) is 5.65 Å². The van der Waals surface area contributed by atoms with Gasteiger partial charge in [-0.3, -0.25) is 4.57 Å². The molecule has 3 nitrogen and oxygen atoms in total. The quantitative estimate of drug-likeness (QED) is 0.711. The molecule has 0 aliphatic rings. The van der Waals surface area contributed by atoms with Crippen LogP contribution in [0.1, 0.15) is 19.7 Å². The highest BCUT2D eigenvalue weighted by molar-refractivity contribution is 5.73. The summed E-state index contributed by atoms with van der Waals surface area (Å²) in [4.78, 5) is 9.22. The van der Waals surface area contributed by atoms with Crippen LogP contribution in [0.15, 0.2) is 48.7 Å². The van der Waals surface area contributed by atoms with Crippen LogP contribution < -0.4 is 0 Å². The number of pyridine rings is 1. The van der Waals surface area contributed by atoms with Crippen LogP contribution in [0, 0.1) is 5.92 Å². The predicted octanol–water partition coefficient (Wildman–Crippen LogP) is 3.62. The summed E-state index contributed by atoms with van der Waals surface area (Å²) in [5.41, 5.74) is 3.02. The van der Waals surface area contributed by atoms with Gasteiger partial charge in [0.05, 0.1) is 0 Å². The molecule has 0 fully saturated rings. The van der Waals surface area contributed by atoms with Gasteiger partial charge in [0.25, 0.3) is 0 Å². The van der Waals surface area contributed by atoms with E-state index in [0.29, 0.717) is 5.92 Å². The van der Waals surface area contributed by atoms with Crippen LogP contribution in [0.4, 0.5) is 0 Å². The third-order valence-electron chi connectivity index (χ3n) is 3.09. The number of benzene rings is 1. The van der Waals surface area contributed by atoms with Crippen LogP contribution in [0.3, 0.4) is 0 Å². The molecule has 2 aromatic heterocycles. The number of aromatic nitrogens is 3. The Balaban J connectivity index is 2.24. The van der Waals surface area contributed by atoms with Crippen LogP contribution in [-0.4, -0.2) is 14.5 Å². The minimum atomic E-state index is 0.569. The molecule has 0 bridgehead atoms. The molecular weight excluding hydrogens is 234 g/mol. The smallest absolute Gasteiger partial charge is 0.164 e. The number of imidazole rings is 1. The lowest BCUT2D eigenvalue weighted by molar-refractivity contribution is 0.616. The van der Waals surface area contributed by atoms with Crippen molar-refractivity contribution in [1.82, 2.24) is 14.5 Å². The molecule has 3 heteroatoms. The molecule has 0 aliphatic carbocycles. The Labute approximate surface area is 112 Å². The Morgan fingerprint density at radius 3 is 2.58 bits per heavy atom. The molecule has 0 saturated carbocycles. The molecule has 0 unspecified atom stereocenters. The SMILES string of the molecule is CC(C)Cc1nc2cccnc2n1-c1ccccc1. The first-order chi connectivity index (χ1) is 9.25. The number of para-hydroxylation sites is 1. The van der Waals surface area contributed by atoms with E-state index >= 15 is 0 Å². The van der Waals surface area contributed by atoms with Crippen LogP contribution in [0.5, 0.6) is 0 Å². The summed E-state index contributed by atoms with van der Waals surface area (Å²) in [6, 6.07) is 14.3. The Hall–Kier alpha value is -2.16. The lowest BCUT2D eigenvalue weighted by atomic mass is 10.1. The second-order valence-electron chi connectivity index (χ2n) is 5.14. The highest BCUT2D eigenvalue weighted by atomic mass is 15.1. The summed E-state index contributed by atoms with van der Waals surface area (Å²) in [5.74, 6) is 1.65. The molecule has 0 spiro atoms. The van der Waals surface area contributed by atoms with Gasteiger partial charge in [-0.1, -0.05) is 32.0 Å². The van der Waals surface area contributed by atoms with E-state index in [9.17, 15) is 0 Å². The first-order valence-corrected chi connectivity index (χ1v) is 6.63. The maximum absolute atomic E-state index is 4.73. The number of fused-ring (bicyclic) bond motifs is 1. The van der Waals surface area contributed by atoms with Crippen LogP contribution >= 0.6 is 0 Å². The average Bonchev–Trinajstić information content (AvgIpc) is 2.76. The van der Waals surface area contributed by atoms with E-state index in [0.717, 1.165) is 29.1 Å². The Bertz CT molecular complexity index is 684. The predicted molar refractivity (Wildman–Crippen MR) is 77.4 cm³/mol. The van der Waals surface area contributed by atoms with Gasteiger partial charge in [0.2, 0.25) is 0 Å². The van der Waals surface area contributed by atoms with Gasteiger partial charge in [0, 0.05) is 18.3 Å². The molecule has 3 rings (SSSR count). The lowest BCUT2D eigenvalue weighted by Crippen LogP contribution is -2.05. The van der Waals surface area contributed by atoms with E-state index in [1.54, 1.807) is 0 Å². The van der Waals surface area contributed by atoms with Crippen molar-refractivity contribution in [1.29, 1.82) is 0 Å². The van der Waals surface area contributed by atoms with Gasteiger partial charge >= 0.3 is 0 Å². The molecule has 2 heterocycles. The fourth-order valence-electron chi connectivity index (χ4n) is 2.31. The highest BCUT2D eigenvalue weighted by Gasteiger charge is 2.13. The molecule has 0 atom stereocenters. The molecule has 0 amide bonds. The largest absolute Gasteiger partial charge is 0.281 e. The molecule has 1 aromatic carbocycles. The topological polar surface area (TPSA) is 30.7 Å². The summed E-state index contributed by atoms with van der Waals surface area (Å²) in [6.45, 7) is 4.42. The van der Waals surface area contributed by atoms with Crippen LogP contribution in [0.2, 0.25) is 0 Å². The zero-order chi connectivity index (χ0) is 13.2. The standard InChI is InChI=1S/C16H17N3/c1-12(2)11-15-18-14-9-6-10-17-16(14)19(15)13-7-4-3-5-8-13/h3-10,12H,11H2,1-2H3. The second-order valence-corrected chi connectivity index (χ2v) is 5.14. The van der Waals surface area contributed by atoms with Gasteiger partial charge < -0.3 is 0 Å². The maximum Gasteiger partial charge on any atom is 0.164 e. The second kappa shape index (κ2) is 4.84. The van der Waals surface area contributed by atoms with Crippen LogP contribution in [-0.2, 0) is 6.42 Å². The Morgan fingerprint density at radius 1 is 1.05 bits per heavy atom. The molecule has 0 N–H and O–H groups in total. The van der Waals surface area contributed by atoms with Crippen LogP contribution in [0.25, 0.3) is 16.9 Å². The summed E-state index contributed by atoms with van der Waals surface area (Å²) >= 11 is 0. The number of nitrogens with zero attached hydrogens (tertiary/aromatic N) is 3. The minimum Gasteiger partial charge on any atom is -0.281 e. The number of hydrogen-bond acceptors (Lipinski definition) is 2. The summed E-state index contributed by atoms with van der Waals surface area (Å²) < 4.78 is 2.16. The van der Waals surface area contributed by atoms with E-state index in [1.165, 1.54) is 0 Å². The Morgan fingerprint density at radius 2 is 1.84 bits per heavy atom. The molecule has 0 aliphatic heterocycles. The maximum atomic E-state index is 4.73. The molecule has 19 heavy (non-hydrogen) atoms. The average molecular weight is 251 g/mol. The number of hydrogen-bond donors (Lipinski definition) is 0. The first-order valence-electron chi connectivity index (χ1n) is 6.63. The summed E-state index contributed by atoms with van der Waals surface area (Å²) in [7, 11) is 0. The summed E-state index contributed by atoms with van der Waals surface area (Å²) in [5, 5.41) is 0. The fraction of sp³-hybridized carbons (Fsp3) is 0.250. The van der Waals surface area contributed by atoms with E-state index < -0.39 is 0 Å². The van der Waals surface area contributed by atoms with Crippen molar-refractivity contribution in [2.75, 3.05) is 0 Å². The van der Waals surface area contributed by atoms with Gasteiger partial charge in [-0.25, -0.2) is 9.97 Å². The molecule has 0 radical (unpaired) electrons. The first kappa shape index (κ1) is 11.9. The van der Waals surface area contributed by atoms with Crippen molar-refractivity contribution < 1.29 is 0 Å². The molecule has 0 saturated heterocycles. The van der Waals surface area contributed by atoms with Crippen molar-refractivity contribution in [3.05, 3.63) is 54.5 Å². The van der Waals surface area contributed by atoms with E-state index in [-0.39, 0.29) is 0 Å². The van der Waals surface area contributed by atoms with Crippen molar-refractivity contribution >= 4 is 11.2 Å². The molecule has 96 valence electrons. The monoisotopic (exact) mass is 251 g/mol. The van der Waals surface area contributed by atoms with Gasteiger partial charge in [0.1, 0.15) is 11.3 Å². The zero-order valence-electron chi connectivity index (χ0n) is 11.2. The van der Waals surface area contributed by atoms with Crippen molar-refractivity contribution in [2.45, 2.75) is 20.3 Å². The minimum absolute atomic E-state index is 0.569. The van der Waals surface area contributed by atoms with Crippen molar-refractivity contribution in [3.63, 3.8) is 0 Å². The zero-order valence-corrected chi connectivity index (χ0v) is 11.2. The van der Waals surface area contributed by atoms with Gasteiger partial charge in [-0.2, -0.15) is 0 Å². The molecule has 3 aromatic rings. The highest BCUT2D eigenvalue weighted by Crippen LogP contribution is 2.21. The van der Waals surface area contributed by atoms with E-state index in [2.05, 4.69) is 35.5 Å². The Kier molecular flexibility index (Phi) is 3.03. The van der Waals surface area contributed by atoms with Gasteiger partial charge in [-0.15, -0.1) is 0 Å². The molecular formula is C16H17N3. The van der Waals surface area contributed by atoms with E-state index in [1.807, 2.05) is 36.5 Å².